The van der Waals surface area contributed by atoms with Crippen molar-refractivity contribution >= 4 is 29.4 Å². The van der Waals surface area contributed by atoms with E-state index < -0.39 is 6.10 Å². The molecule has 0 spiro atoms. The molecule has 0 saturated carbocycles. The second kappa shape index (κ2) is 11.7. The van der Waals surface area contributed by atoms with Crippen LogP contribution in [0.1, 0.15) is 47.3 Å². The number of aliphatic hydroxyl groups is 1. The van der Waals surface area contributed by atoms with Crippen molar-refractivity contribution in [2.75, 3.05) is 38.0 Å². The molecule has 39 heavy (non-hydrogen) atoms. The van der Waals surface area contributed by atoms with Gasteiger partial charge in [0.15, 0.2) is 0 Å². The fourth-order valence-corrected chi connectivity index (χ4v) is 7.15. The number of aromatic nitrogens is 2. The number of anilines is 1. The number of fused-ring (bicyclic) bond motifs is 1. The second-order valence-electron chi connectivity index (χ2n) is 10.9. The van der Waals surface area contributed by atoms with Crippen LogP contribution in [0.4, 0.5) is 5.82 Å². The van der Waals surface area contributed by atoms with Crippen LogP contribution in [0.25, 0.3) is 0 Å². The molecule has 2 fully saturated rings. The van der Waals surface area contributed by atoms with Crippen LogP contribution >= 0.6 is 11.8 Å². The Hall–Kier alpha value is -2.95. The number of carbonyl (C=O) groups is 2. The molecule has 1 aromatic heterocycles. The molecular weight excluding hydrogens is 512 g/mol. The predicted molar refractivity (Wildman–Crippen MR) is 151 cm³/mol. The zero-order valence-corrected chi connectivity index (χ0v) is 22.9. The predicted octanol–water partition coefficient (Wildman–Crippen LogP) is 2.53. The Kier molecular flexibility index (Phi) is 7.85. The zero-order valence-electron chi connectivity index (χ0n) is 22.1. The summed E-state index contributed by atoms with van der Waals surface area (Å²) < 4.78 is 0. The Morgan fingerprint density at radius 2 is 1.79 bits per heavy atom. The maximum Gasteiger partial charge on any atom is 0.272 e. The summed E-state index contributed by atoms with van der Waals surface area (Å²) in [5, 5.41) is 16.5. The molecule has 0 bridgehead atoms. The van der Waals surface area contributed by atoms with Gasteiger partial charge in [-0.3, -0.25) is 14.5 Å². The summed E-state index contributed by atoms with van der Waals surface area (Å²) in [7, 11) is 0. The number of aliphatic hydroxyl groups excluding tert-OH is 1. The summed E-state index contributed by atoms with van der Waals surface area (Å²) in [6.07, 6.45) is 7.11. The van der Waals surface area contributed by atoms with Gasteiger partial charge in [0.2, 0.25) is 5.91 Å². The maximum atomic E-state index is 13.3. The third-order valence-corrected chi connectivity index (χ3v) is 9.54. The Morgan fingerprint density at radius 3 is 2.56 bits per heavy atom. The first-order chi connectivity index (χ1) is 19.0. The van der Waals surface area contributed by atoms with Crippen molar-refractivity contribution in [3.63, 3.8) is 0 Å². The normalized spacial score (nSPS) is 25.9. The molecule has 1 unspecified atom stereocenters. The largest absolute Gasteiger partial charge is 0.390 e. The molecule has 4 aliphatic heterocycles. The van der Waals surface area contributed by atoms with E-state index in [9.17, 15) is 14.7 Å². The lowest BCUT2D eigenvalue weighted by Gasteiger charge is -2.43. The number of likely N-dealkylation sites (tertiary alicyclic amines) is 2. The lowest BCUT2D eigenvalue weighted by atomic mass is 9.94. The van der Waals surface area contributed by atoms with Gasteiger partial charge in [0.05, 0.1) is 11.4 Å². The molecule has 0 aliphatic carbocycles. The molecule has 2 amide bonds. The quantitative estimate of drug-likeness (QED) is 0.588. The minimum absolute atomic E-state index is 0.0325. The minimum atomic E-state index is -0.598. The molecule has 6 rings (SSSR count). The average Bonchev–Trinajstić information content (AvgIpc) is 3.52. The maximum absolute atomic E-state index is 13.3. The van der Waals surface area contributed by atoms with E-state index in [0.717, 1.165) is 58.3 Å². The van der Waals surface area contributed by atoms with Gasteiger partial charge in [-0.1, -0.05) is 30.3 Å². The van der Waals surface area contributed by atoms with Crippen LogP contribution in [-0.4, -0.2) is 97.7 Å². The molecule has 9 nitrogen and oxygen atoms in total. The summed E-state index contributed by atoms with van der Waals surface area (Å²) >= 11 is 1.61. The number of piperidine rings is 2. The average molecular weight is 549 g/mol. The van der Waals surface area contributed by atoms with Crippen molar-refractivity contribution in [2.45, 2.75) is 62.1 Å². The SMILES string of the molecule is O=C(c1cc(NC2CCN(C(=O)C3CC=CS3)CC2)ncn1)N1CC[C@@H](N2CCc3ccccc3C2)[C@H](O)C1. The Bertz CT molecular complexity index is 1230. The van der Waals surface area contributed by atoms with E-state index in [-0.39, 0.29) is 29.1 Å². The van der Waals surface area contributed by atoms with E-state index in [1.807, 2.05) is 10.3 Å². The number of nitrogens with one attached hydrogen (secondary N) is 1. The fraction of sp³-hybridized carbons (Fsp3) is 0.517. The summed E-state index contributed by atoms with van der Waals surface area (Å²) in [6, 6.07) is 10.5. The number of carbonyl (C=O) groups excluding carboxylic acids is 2. The molecule has 2 aromatic rings. The van der Waals surface area contributed by atoms with Crippen molar-refractivity contribution in [2.24, 2.45) is 0 Å². The van der Waals surface area contributed by atoms with Crippen LogP contribution in [0, 0.1) is 0 Å². The fourth-order valence-electron chi connectivity index (χ4n) is 6.25. The van der Waals surface area contributed by atoms with Gasteiger partial charge in [-0.2, -0.15) is 0 Å². The van der Waals surface area contributed by atoms with Crippen LogP contribution in [0.3, 0.4) is 0 Å². The highest BCUT2D eigenvalue weighted by molar-refractivity contribution is 8.03. The standard InChI is InChI=1S/C29H36N6O3S/c36-25-18-35(14-10-24(25)34-11-7-20-4-1-2-5-21(20)17-34)28(37)23-16-27(31-19-30-23)32-22-8-12-33(13-9-22)29(38)26-6-3-15-39-26/h1-5,15-16,19,22,24-26,36H,6-14,17-18H2,(H,30,31,32)/t24-,25-,26?/m1/s1. The molecule has 5 heterocycles. The first-order valence-corrected chi connectivity index (χ1v) is 15.0. The number of benzene rings is 1. The number of thioether (sulfide) groups is 1. The summed E-state index contributed by atoms with van der Waals surface area (Å²) in [5.74, 6) is 0.676. The first kappa shape index (κ1) is 26.3. The molecule has 206 valence electrons. The second-order valence-corrected chi connectivity index (χ2v) is 12.0. The van der Waals surface area contributed by atoms with E-state index in [2.05, 4.69) is 50.5 Å². The van der Waals surface area contributed by atoms with Crippen molar-refractivity contribution in [1.29, 1.82) is 0 Å². The molecule has 2 saturated heterocycles. The van der Waals surface area contributed by atoms with Gasteiger partial charge in [0.25, 0.3) is 5.91 Å². The van der Waals surface area contributed by atoms with Crippen molar-refractivity contribution in [1.82, 2.24) is 24.7 Å². The van der Waals surface area contributed by atoms with E-state index in [1.165, 1.54) is 17.5 Å². The number of hydrogen-bond donors (Lipinski definition) is 2. The van der Waals surface area contributed by atoms with Crippen molar-refractivity contribution in [3.05, 3.63) is 65.0 Å². The topological polar surface area (TPSA) is 102 Å². The molecule has 0 radical (unpaired) electrons. The highest BCUT2D eigenvalue weighted by Crippen LogP contribution is 2.28. The van der Waals surface area contributed by atoms with Gasteiger partial charge >= 0.3 is 0 Å². The van der Waals surface area contributed by atoms with Gasteiger partial charge in [-0.05, 0) is 48.6 Å². The number of hydrogen-bond acceptors (Lipinski definition) is 8. The molecular formula is C29H36N6O3S. The highest BCUT2D eigenvalue weighted by atomic mass is 32.2. The first-order valence-electron chi connectivity index (χ1n) is 14.0. The third-order valence-electron chi connectivity index (χ3n) is 8.47. The number of nitrogens with zero attached hydrogens (tertiary/aromatic N) is 5. The summed E-state index contributed by atoms with van der Waals surface area (Å²) in [5.41, 5.74) is 3.06. The molecule has 10 heteroatoms. The zero-order chi connectivity index (χ0) is 26.8. The van der Waals surface area contributed by atoms with E-state index in [1.54, 1.807) is 22.7 Å². The van der Waals surface area contributed by atoms with E-state index in [0.29, 0.717) is 24.6 Å². The molecule has 2 N–H and O–H groups in total. The molecule has 4 aliphatic rings. The smallest absolute Gasteiger partial charge is 0.272 e. The van der Waals surface area contributed by atoms with Crippen LogP contribution in [0.15, 0.2) is 48.1 Å². The van der Waals surface area contributed by atoms with Crippen molar-refractivity contribution < 1.29 is 14.7 Å². The van der Waals surface area contributed by atoms with Crippen LogP contribution < -0.4 is 5.32 Å². The third kappa shape index (κ3) is 5.83. The molecule has 3 atom stereocenters. The summed E-state index contributed by atoms with van der Waals surface area (Å²) in [4.78, 5) is 40.6. The van der Waals surface area contributed by atoms with E-state index in [4.69, 9.17) is 0 Å². The number of β-amino-alcohol motifs (C(OH)–C–C–N with tert-alkyl or cyclic N) is 1. The highest BCUT2D eigenvalue weighted by Gasteiger charge is 2.36. The lowest BCUT2D eigenvalue weighted by Crippen LogP contribution is -2.56. The van der Waals surface area contributed by atoms with E-state index >= 15 is 0 Å². The van der Waals surface area contributed by atoms with Gasteiger partial charge in [0.1, 0.15) is 17.8 Å². The van der Waals surface area contributed by atoms with Gasteiger partial charge in [0, 0.05) is 57.4 Å². The Balaban J connectivity index is 1.01. The van der Waals surface area contributed by atoms with Crippen LogP contribution in [0.5, 0.6) is 0 Å². The Morgan fingerprint density at radius 1 is 1.00 bits per heavy atom. The van der Waals surface area contributed by atoms with Gasteiger partial charge < -0.3 is 20.2 Å². The van der Waals surface area contributed by atoms with Crippen LogP contribution in [-0.2, 0) is 17.8 Å². The number of allylic oxidation sites excluding steroid dienone is 1. The van der Waals surface area contributed by atoms with Gasteiger partial charge in [-0.15, -0.1) is 11.8 Å². The summed E-state index contributed by atoms with van der Waals surface area (Å²) in [6.45, 7) is 4.11. The van der Waals surface area contributed by atoms with Crippen LogP contribution in [0.2, 0.25) is 0 Å². The number of amides is 2. The number of rotatable bonds is 5. The minimum Gasteiger partial charge on any atom is -0.390 e. The van der Waals surface area contributed by atoms with Crippen molar-refractivity contribution in [3.8, 4) is 0 Å². The monoisotopic (exact) mass is 548 g/mol. The van der Waals surface area contributed by atoms with Gasteiger partial charge in [-0.25, -0.2) is 9.97 Å². The Labute approximate surface area is 233 Å². The lowest BCUT2D eigenvalue weighted by molar-refractivity contribution is -0.131. The molecule has 1 aromatic carbocycles.